The van der Waals surface area contributed by atoms with E-state index in [1.54, 1.807) is 0 Å². The minimum absolute atomic E-state index is 0.314. The number of hydrogen-bond donors (Lipinski definition) is 0. The van der Waals surface area contributed by atoms with Crippen LogP contribution in [0.25, 0.3) is 75.5 Å². The van der Waals surface area contributed by atoms with Gasteiger partial charge in [-0.15, -0.1) is 11.3 Å². The third-order valence-electron chi connectivity index (χ3n) is 18.2. The molecule has 0 fully saturated rings. The first-order valence-corrected chi connectivity index (χ1v) is 30.7. The van der Waals surface area contributed by atoms with Crippen LogP contribution in [0.2, 0.25) is 0 Å². The van der Waals surface area contributed by atoms with Crippen molar-refractivity contribution in [2.75, 3.05) is 9.80 Å². The van der Waals surface area contributed by atoms with Crippen LogP contribution in [-0.2, 0) is 10.8 Å². The number of hydrogen-bond acceptors (Lipinski definition) is 4. The lowest BCUT2D eigenvalue weighted by molar-refractivity contribution is 0.661. The Bertz CT molecular complexity index is 4900. The minimum Gasteiger partial charge on any atom is -0.310 e. The second-order valence-corrected chi connectivity index (χ2v) is 25.2. The second kappa shape index (κ2) is 18.9. The van der Waals surface area contributed by atoms with Gasteiger partial charge in [0.1, 0.15) is 0 Å². The molecule has 3 aliphatic rings. The van der Waals surface area contributed by atoms with E-state index in [-0.39, 0.29) is 5.41 Å². The minimum atomic E-state index is -0.628. The first-order valence-electron chi connectivity index (χ1n) is 29.1. The van der Waals surface area contributed by atoms with Crippen LogP contribution < -0.4 is 9.80 Å². The van der Waals surface area contributed by atoms with E-state index in [0.29, 0.717) is 0 Å². The molecule has 17 rings (SSSR count). The zero-order valence-electron chi connectivity index (χ0n) is 46.4. The molecular weight excluding hydrogens is 1050 g/mol. The van der Waals surface area contributed by atoms with Crippen molar-refractivity contribution in [3.63, 3.8) is 0 Å². The molecule has 0 unspecified atom stereocenters. The highest BCUT2D eigenvalue weighted by Crippen LogP contribution is 2.65. The molecule has 2 nitrogen and oxygen atoms in total. The Morgan fingerprint density at radius 2 is 0.881 bits per heavy atom. The quantitative estimate of drug-likeness (QED) is 0.150. The number of para-hydroxylation sites is 2. The van der Waals surface area contributed by atoms with Crippen molar-refractivity contribution in [2.24, 2.45) is 0 Å². The number of nitrogens with zero attached hydrogens (tertiary/aromatic N) is 2. The zero-order chi connectivity index (χ0) is 55.7. The highest BCUT2D eigenvalue weighted by molar-refractivity contribution is 7.99. The molecule has 2 heterocycles. The first kappa shape index (κ1) is 48.9. The van der Waals surface area contributed by atoms with Crippen LogP contribution >= 0.6 is 23.1 Å². The number of thiophene rings is 1. The molecule has 0 atom stereocenters. The summed E-state index contributed by atoms with van der Waals surface area (Å²) in [5.41, 5.74) is 23.8. The number of fused-ring (bicyclic) bond motifs is 16. The maximum absolute atomic E-state index is 2.66. The lowest BCUT2D eigenvalue weighted by atomic mass is 9.66. The molecule has 0 saturated carbocycles. The van der Waals surface area contributed by atoms with E-state index in [4.69, 9.17) is 0 Å². The summed E-state index contributed by atoms with van der Waals surface area (Å²) >= 11 is 3.81. The predicted octanol–water partition coefficient (Wildman–Crippen LogP) is 22.6. The Morgan fingerprint density at radius 3 is 1.58 bits per heavy atom. The van der Waals surface area contributed by atoms with Gasteiger partial charge in [0.15, 0.2) is 0 Å². The Labute approximate surface area is 498 Å². The van der Waals surface area contributed by atoms with E-state index >= 15 is 0 Å². The Hall–Kier alpha value is -9.71. The van der Waals surface area contributed by atoms with Crippen molar-refractivity contribution in [3.8, 4) is 44.5 Å². The molecule has 1 spiro atoms. The van der Waals surface area contributed by atoms with E-state index in [1.165, 1.54) is 124 Å². The van der Waals surface area contributed by atoms with E-state index < -0.39 is 5.41 Å². The molecule has 84 heavy (non-hydrogen) atoms. The summed E-state index contributed by atoms with van der Waals surface area (Å²) in [5.74, 6) is 0. The number of benzene rings is 13. The fourth-order valence-corrected chi connectivity index (χ4v) is 17.1. The molecule has 0 amide bonds. The normalized spacial score (nSPS) is 13.7. The van der Waals surface area contributed by atoms with Crippen LogP contribution in [0, 0.1) is 0 Å². The highest BCUT2D eigenvalue weighted by Gasteiger charge is 2.51. The standard InChI is InChI=1S/C80H54N2S2/c1-79(2)66-32-15-12-30-62(66)63-31-20-37-72(77(63)79)82(71-36-21-39-74-76(71)64-45-44-58(50-75(64)83-74)81(56-24-8-4-9-25-56)57-26-10-5-11-27-57)59-48-65(55-43-42-53-46-52(40-41-54(53)47-55)51-22-6-3-7-23-51)78-70(49-59)80(69-35-18-19-38-73(69)84-78)67-33-16-13-28-60(67)61-29-14-17-34-68(61)80/h3-50H,1-2H3. The van der Waals surface area contributed by atoms with Gasteiger partial charge in [-0.3, -0.25) is 0 Å². The van der Waals surface area contributed by atoms with Gasteiger partial charge in [0.2, 0.25) is 0 Å². The lowest BCUT2D eigenvalue weighted by Gasteiger charge is -2.41. The topological polar surface area (TPSA) is 6.48 Å². The van der Waals surface area contributed by atoms with Gasteiger partial charge in [0, 0.05) is 58.1 Å². The molecule has 0 saturated heterocycles. The average molecular weight is 1110 g/mol. The van der Waals surface area contributed by atoms with Gasteiger partial charge in [0.05, 0.1) is 16.8 Å². The smallest absolute Gasteiger partial charge is 0.0736 e. The van der Waals surface area contributed by atoms with E-state index in [2.05, 4.69) is 315 Å². The largest absolute Gasteiger partial charge is 0.310 e. The zero-order valence-corrected chi connectivity index (χ0v) is 48.1. The SMILES string of the molecule is CC1(C)c2ccccc2-c2cccc(N(c3cc(-c4ccc5cc(-c6ccccc6)ccc5c4)c4c(c3)C3(c5ccccc5S4)c4ccccc4-c4ccccc43)c3cccc4sc5cc(N(c6ccccc6)c6ccccc6)ccc5c34)c21. The third-order valence-corrected chi connectivity index (χ3v) is 20.6. The summed E-state index contributed by atoms with van der Waals surface area (Å²) in [6, 6.07) is 109. The molecule has 2 aliphatic carbocycles. The molecule has 0 N–H and O–H groups in total. The van der Waals surface area contributed by atoms with Gasteiger partial charge in [-0.05, 0) is 174 Å². The highest BCUT2D eigenvalue weighted by atomic mass is 32.2. The summed E-state index contributed by atoms with van der Waals surface area (Å²) in [6.07, 6.45) is 0. The molecule has 1 aliphatic heterocycles. The van der Waals surface area contributed by atoms with Gasteiger partial charge in [-0.1, -0.05) is 232 Å². The maximum atomic E-state index is 2.66. The molecule has 4 heteroatoms. The van der Waals surface area contributed by atoms with Crippen LogP contribution in [0.1, 0.15) is 47.2 Å². The molecule has 396 valence electrons. The first-order chi connectivity index (χ1) is 41.4. The van der Waals surface area contributed by atoms with E-state index in [1.807, 2.05) is 23.1 Å². The predicted molar refractivity (Wildman–Crippen MR) is 356 cm³/mol. The van der Waals surface area contributed by atoms with E-state index in [0.717, 1.165) is 28.4 Å². The fraction of sp³-hybridized carbons (Fsp3) is 0.0500. The summed E-state index contributed by atoms with van der Waals surface area (Å²) < 4.78 is 2.48. The van der Waals surface area contributed by atoms with Crippen molar-refractivity contribution >= 4 is 88.2 Å². The second-order valence-electron chi connectivity index (χ2n) is 23.1. The van der Waals surface area contributed by atoms with Gasteiger partial charge in [0.25, 0.3) is 0 Å². The maximum Gasteiger partial charge on any atom is 0.0736 e. The van der Waals surface area contributed by atoms with Gasteiger partial charge in [-0.25, -0.2) is 0 Å². The monoisotopic (exact) mass is 1110 g/mol. The summed E-state index contributed by atoms with van der Waals surface area (Å²) in [7, 11) is 0. The molecule has 1 aromatic heterocycles. The average Bonchev–Trinajstić information content (AvgIpc) is 1.46. The number of rotatable bonds is 8. The Morgan fingerprint density at radius 1 is 0.321 bits per heavy atom. The molecule has 0 radical (unpaired) electrons. The van der Waals surface area contributed by atoms with Gasteiger partial charge >= 0.3 is 0 Å². The summed E-state index contributed by atoms with van der Waals surface area (Å²) in [6.45, 7) is 4.86. The van der Waals surface area contributed by atoms with E-state index in [9.17, 15) is 0 Å². The molecule has 13 aromatic carbocycles. The molecule has 0 bridgehead atoms. The fourth-order valence-electron chi connectivity index (χ4n) is 14.6. The summed E-state index contributed by atoms with van der Waals surface area (Å²) in [4.78, 5) is 7.60. The van der Waals surface area contributed by atoms with Crippen LogP contribution in [0.4, 0.5) is 34.1 Å². The van der Waals surface area contributed by atoms with Gasteiger partial charge in [-0.2, -0.15) is 0 Å². The van der Waals surface area contributed by atoms with Gasteiger partial charge < -0.3 is 9.80 Å². The van der Waals surface area contributed by atoms with Crippen molar-refractivity contribution in [3.05, 3.63) is 325 Å². The van der Waals surface area contributed by atoms with Crippen molar-refractivity contribution in [2.45, 2.75) is 34.5 Å². The van der Waals surface area contributed by atoms with Crippen molar-refractivity contribution < 1.29 is 0 Å². The molecular formula is C80H54N2S2. The van der Waals surface area contributed by atoms with Crippen LogP contribution in [0.3, 0.4) is 0 Å². The lowest BCUT2D eigenvalue weighted by Crippen LogP contribution is -2.32. The Balaban J connectivity index is 0.971. The van der Waals surface area contributed by atoms with Crippen LogP contribution in [-0.4, -0.2) is 0 Å². The summed E-state index contributed by atoms with van der Waals surface area (Å²) in [5, 5.41) is 4.91. The Kier molecular flexibility index (Phi) is 11.0. The number of anilines is 6. The molecule has 14 aromatic rings. The van der Waals surface area contributed by atoms with Crippen molar-refractivity contribution in [1.29, 1.82) is 0 Å². The van der Waals surface area contributed by atoms with Crippen LogP contribution in [0.15, 0.2) is 301 Å². The van der Waals surface area contributed by atoms with Crippen molar-refractivity contribution in [1.82, 2.24) is 0 Å². The van der Waals surface area contributed by atoms with Crippen LogP contribution in [0.5, 0.6) is 0 Å². The third kappa shape index (κ3) is 7.24.